The van der Waals surface area contributed by atoms with Crippen LogP contribution in [0.4, 0.5) is 4.39 Å². The number of nitrogens with zero attached hydrogens (tertiary/aromatic N) is 3. The van der Waals surface area contributed by atoms with Crippen LogP contribution in [0, 0.1) is 17.1 Å². The first-order valence-electron chi connectivity index (χ1n) is 8.60. The van der Waals surface area contributed by atoms with Gasteiger partial charge >= 0.3 is 0 Å². The maximum atomic E-state index is 13.8. The number of hydrogen-bond acceptors (Lipinski definition) is 5. The molecule has 1 fully saturated rings. The minimum atomic E-state index is -0.762. The van der Waals surface area contributed by atoms with Gasteiger partial charge in [-0.2, -0.15) is 5.26 Å². The van der Waals surface area contributed by atoms with Crippen LogP contribution in [0.1, 0.15) is 39.0 Å². The third kappa shape index (κ3) is 4.05. The third-order valence-electron chi connectivity index (χ3n) is 4.53. The van der Waals surface area contributed by atoms with Gasteiger partial charge in [-0.3, -0.25) is 9.89 Å². The molecule has 0 spiro atoms. The molecule has 0 radical (unpaired) electrons. The van der Waals surface area contributed by atoms with Gasteiger partial charge in [0, 0.05) is 0 Å². The van der Waals surface area contributed by atoms with Gasteiger partial charge < -0.3 is 5.32 Å². The van der Waals surface area contributed by atoms with E-state index in [0.29, 0.717) is 29.4 Å². The molecule has 8 heteroatoms. The van der Waals surface area contributed by atoms with Crippen molar-refractivity contribution in [3.05, 3.63) is 30.1 Å². The van der Waals surface area contributed by atoms with E-state index in [0.717, 1.165) is 19.3 Å². The van der Waals surface area contributed by atoms with E-state index >= 15 is 0 Å². The summed E-state index contributed by atoms with van der Waals surface area (Å²) >= 11 is 1.17. The maximum absolute atomic E-state index is 13.8. The number of nitriles is 1. The lowest BCUT2D eigenvalue weighted by Gasteiger charge is -2.32. The third-order valence-corrected chi connectivity index (χ3v) is 5.49. The summed E-state index contributed by atoms with van der Waals surface area (Å²) in [6.45, 7) is 1.74. The van der Waals surface area contributed by atoms with E-state index in [1.807, 2.05) is 0 Å². The molecular weight excluding hydrogens is 353 g/mol. The van der Waals surface area contributed by atoms with Gasteiger partial charge in [0.05, 0.1) is 16.9 Å². The first kappa shape index (κ1) is 18.4. The Labute approximate surface area is 155 Å². The van der Waals surface area contributed by atoms with E-state index in [9.17, 15) is 14.4 Å². The van der Waals surface area contributed by atoms with E-state index in [1.165, 1.54) is 17.8 Å². The highest BCUT2D eigenvalue weighted by molar-refractivity contribution is 8.00. The molecule has 0 aliphatic heterocycles. The lowest BCUT2D eigenvalue weighted by Crippen LogP contribution is -2.50. The van der Waals surface area contributed by atoms with Crippen LogP contribution >= 0.6 is 11.8 Å². The fourth-order valence-corrected chi connectivity index (χ4v) is 3.77. The molecule has 0 unspecified atom stereocenters. The molecule has 2 N–H and O–H groups in total. The first-order chi connectivity index (χ1) is 12.5. The first-order valence-corrected chi connectivity index (χ1v) is 9.48. The second kappa shape index (κ2) is 7.87. The van der Waals surface area contributed by atoms with Crippen LogP contribution in [-0.2, 0) is 4.79 Å². The number of rotatable bonds is 5. The molecule has 0 bridgehead atoms. The smallest absolute Gasteiger partial charge is 0.234 e. The van der Waals surface area contributed by atoms with Gasteiger partial charge in [0.25, 0.3) is 0 Å². The molecule has 0 saturated heterocycles. The Morgan fingerprint density at radius 3 is 2.81 bits per heavy atom. The fraction of sp³-hybridized carbons (Fsp3) is 0.444. The summed E-state index contributed by atoms with van der Waals surface area (Å²) in [4.78, 5) is 16.8. The van der Waals surface area contributed by atoms with Gasteiger partial charge in [-0.15, -0.1) is 5.10 Å². The van der Waals surface area contributed by atoms with Crippen molar-refractivity contribution in [2.45, 2.75) is 55.0 Å². The highest BCUT2D eigenvalue weighted by atomic mass is 32.2. The lowest BCUT2D eigenvalue weighted by molar-refractivity contribution is -0.121. The van der Waals surface area contributed by atoms with Crippen LogP contribution in [-0.4, -0.2) is 31.9 Å². The second-order valence-corrected chi connectivity index (χ2v) is 7.76. The summed E-state index contributed by atoms with van der Waals surface area (Å²) in [6.07, 6.45) is 4.36. The Morgan fingerprint density at radius 1 is 1.38 bits per heavy atom. The number of halogens is 1. The molecule has 1 aromatic carbocycles. The van der Waals surface area contributed by atoms with Crippen LogP contribution in [0.25, 0.3) is 11.4 Å². The molecule has 2 aromatic rings. The molecule has 1 aliphatic carbocycles. The number of benzene rings is 1. The van der Waals surface area contributed by atoms with Crippen molar-refractivity contribution < 1.29 is 9.18 Å². The van der Waals surface area contributed by atoms with Crippen molar-refractivity contribution in [3.63, 3.8) is 0 Å². The molecule has 1 saturated carbocycles. The summed E-state index contributed by atoms with van der Waals surface area (Å²) in [7, 11) is 0. The van der Waals surface area contributed by atoms with E-state index in [4.69, 9.17) is 0 Å². The van der Waals surface area contributed by atoms with Crippen molar-refractivity contribution >= 4 is 17.7 Å². The molecule has 6 nitrogen and oxygen atoms in total. The zero-order chi connectivity index (χ0) is 18.6. The summed E-state index contributed by atoms with van der Waals surface area (Å²) < 4.78 is 13.8. The summed E-state index contributed by atoms with van der Waals surface area (Å²) in [6, 6.07) is 8.57. The van der Waals surface area contributed by atoms with Crippen molar-refractivity contribution in [2.75, 3.05) is 0 Å². The monoisotopic (exact) mass is 373 g/mol. The standard InChI is InChI=1S/C18H20FN5OS/c1-12(16(25)22-18(11-20)9-5-2-6-10-18)26-17-21-15(23-24-17)13-7-3-4-8-14(13)19/h3-4,7-8,12H,2,5-6,9-10H2,1H3,(H,22,25)(H,21,23,24)/t12-/m1/s1. The zero-order valence-electron chi connectivity index (χ0n) is 14.5. The highest BCUT2D eigenvalue weighted by Gasteiger charge is 2.35. The number of thioether (sulfide) groups is 1. The van der Waals surface area contributed by atoms with Crippen LogP contribution in [0.15, 0.2) is 29.4 Å². The van der Waals surface area contributed by atoms with Gasteiger partial charge in [-0.05, 0) is 31.9 Å². The Bertz CT molecular complexity index is 825. The normalized spacial score (nSPS) is 17.3. The van der Waals surface area contributed by atoms with Crippen molar-refractivity contribution in [2.24, 2.45) is 0 Å². The Balaban J connectivity index is 1.65. The topological polar surface area (TPSA) is 94.5 Å². The summed E-state index contributed by atoms with van der Waals surface area (Å²) in [5, 5.41) is 19.0. The molecule has 26 heavy (non-hydrogen) atoms. The van der Waals surface area contributed by atoms with Gasteiger partial charge in [0.2, 0.25) is 11.1 Å². The van der Waals surface area contributed by atoms with Gasteiger partial charge in [-0.1, -0.05) is 43.2 Å². The van der Waals surface area contributed by atoms with E-state index in [2.05, 4.69) is 26.6 Å². The number of nitrogens with one attached hydrogen (secondary N) is 2. The molecule has 3 rings (SSSR count). The predicted molar refractivity (Wildman–Crippen MR) is 96.7 cm³/mol. The Hall–Kier alpha value is -2.40. The zero-order valence-corrected chi connectivity index (χ0v) is 15.3. The summed E-state index contributed by atoms with van der Waals surface area (Å²) in [5.74, 6) is -0.283. The minimum Gasteiger partial charge on any atom is -0.337 e. The van der Waals surface area contributed by atoms with Gasteiger partial charge in [-0.25, -0.2) is 9.37 Å². The Morgan fingerprint density at radius 2 is 2.12 bits per heavy atom. The maximum Gasteiger partial charge on any atom is 0.234 e. The minimum absolute atomic E-state index is 0.212. The lowest BCUT2D eigenvalue weighted by atomic mass is 9.83. The molecule has 1 atom stereocenters. The predicted octanol–water partition coefficient (Wildman–Crippen LogP) is 3.43. The van der Waals surface area contributed by atoms with Gasteiger partial charge in [0.15, 0.2) is 5.82 Å². The van der Waals surface area contributed by atoms with Crippen LogP contribution in [0.5, 0.6) is 0 Å². The second-order valence-electron chi connectivity index (χ2n) is 6.45. The highest BCUT2D eigenvalue weighted by Crippen LogP contribution is 2.29. The van der Waals surface area contributed by atoms with E-state index < -0.39 is 10.8 Å². The average molecular weight is 373 g/mol. The molecule has 1 aliphatic rings. The number of hydrogen-bond donors (Lipinski definition) is 2. The number of aromatic nitrogens is 3. The van der Waals surface area contributed by atoms with Crippen LogP contribution in [0.2, 0.25) is 0 Å². The number of carbonyl (C=O) groups excluding carboxylic acids is 1. The molecule has 1 aromatic heterocycles. The molecule has 136 valence electrons. The molecule has 1 amide bonds. The van der Waals surface area contributed by atoms with Crippen molar-refractivity contribution in [1.29, 1.82) is 5.26 Å². The van der Waals surface area contributed by atoms with Crippen molar-refractivity contribution in [1.82, 2.24) is 20.5 Å². The largest absolute Gasteiger partial charge is 0.337 e. The van der Waals surface area contributed by atoms with Crippen LogP contribution in [0.3, 0.4) is 0 Å². The number of amides is 1. The quantitative estimate of drug-likeness (QED) is 0.783. The van der Waals surface area contributed by atoms with E-state index in [-0.39, 0.29) is 11.7 Å². The van der Waals surface area contributed by atoms with Crippen molar-refractivity contribution in [3.8, 4) is 17.5 Å². The van der Waals surface area contributed by atoms with Crippen LogP contribution < -0.4 is 5.32 Å². The van der Waals surface area contributed by atoms with E-state index in [1.54, 1.807) is 25.1 Å². The molecular formula is C18H20FN5OS. The Kier molecular flexibility index (Phi) is 5.57. The number of carbonyl (C=O) groups is 1. The fourth-order valence-electron chi connectivity index (χ4n) is 3.04. The average Bonchev–Trinajstić information content (AvgIpc) is 3.11. The molecule has 1 heterocycles. The number of aromatic amines is 1. The number of H-pyrrole nitrogens is 1. The van der Waals surface area contributed by atoms with Gasteiger partial charge in [0.1, 0.15) is 11.4 Å². The summed E-state index contributed by atoms with van der Waals surface area (Å²) in [5.41, 5.74) is -0.434. The SMILES string of the molecule is C[C@@H](Sc1n[nH]c(-c2ccccc2F)n1)C(=O)NC1(C#N)CCCCC1.